The molecule has 0 N–H and O–H groups in total. The maximum atomic E-state index is 6.16. The van der Waals surface area contributed by atoms with E-state index in [1.165, 1.54) is 12.8 Å². The Morgan fingerprint density at radius 3 is 1.93 bits per heavy atom. The largest absolute Gasteiger partial charge is 0.415 e. The first-order valence-corrected chi connectivity index (χ1v) is 8.98. The zero-order valence-corrected chi connectivity index (χ0v) is 10.4. The van der Waals surface area contributed by atoms with Crippen LogP contribution < -0.4 is 0 Å². The van der Waals surface area contributed by atoms with Crippen molar-refractivity contribution in [2.45, 2.75) is 38.6 Å². The van der Waals surface area contributed by atoms with Crippen LogP contribution in [0.5, 0.6) is 0 Å². The van der Waals surface area contributed by atoms with Crippen molar-refractivity contribution in [2.24, 2.45) is 11.8 Å². The predicted octanol–water partition coefficient (Wildman–Crippen LogP) is 3.36. The van der Waals surface area contributed by atoms with E-state index in [4.69, 9.17) is 4.43 Å². The second kappa shape index (κ2) is 3.67. The average molecular weight is 208 g/mol. The second-order valence-corrected chi connectivity index (χ2v) is 9.88. The second-order valence-electron chi connectivity index (χ2n) is 5.42. The monoisotopic (exact) mass is 208 g/mol. The molecule has 0 aliphatic heterocycles. The molecule has 1 saturated carbocycles. The van der Waals surface area contributed by atoms with Crippen molar-refractivity contribution in [3.05, 3.63) is 24.3 Å². The van der Waals surface area contributed by atoms with Crippen LogP contribution in [0, 0.1) is 11.8 Å². The van der Waals surface area contributed by atoms with E-state index in [1.54, 1.807) is 0 Å². The summed E-state index contributed by atoms with van der Waals surface area (Å²) in [7, 11) is -1.33. The molecule has 1 nitrogen and oxygen atoms in total. The zero-order valence-electron chi connectivity index (χ0n) is 9.36. The summed E-state index contributed by atoms with van der Waals surface area (Å²) in [6, 6.07) is 0. The van der Waals surface area contributed by atoms with Gasteiger partial charge in [-0.3, -0.25) is 0 Å². The molecule has 0 bridgehead atoms. The molecule has 2 rings (SSSR count). The smallest absolute Gasteiger partial charge is 0.184 e. The number of allylic oxidation sites excluding steroid dienone is 4. The minimum absolute atomic E-state index is 0.518. The molecule has 2 atom stereocenters. The van der Waals surface area contributed by atoms with E-state index in [0.29, 0.717) is 6.10 Å². The van der Waals surface area contributed by atoms with Crippen molar-refractivity contribution >= 4 is 8.32 Å². The topological polar surface area (TPSA) is 9.23 Å². The van der Waals surface area contributed by atoms with E-state index in [9.17, 15) is 0 Å². The maximum absolute atomic E-state index is 6.16. The van der Waals surface area contributed by atoms with Crippen LogP contribution in [0.3, 0.4) is 0 Å². The lowest BCUT2D eigenvalue weighted by Gasteiger charge is -2.22. The summed E-state index contributed by atoms with van der Waals surface area (Å²) in [6.45, 7) is 6.84. The van der Waals surface area contributed by atoms with E-state index in [1.807, 2.05) is 0 Å². The fourth-order valence-corrected chi connectivity index (χ4v) is 3.70. The van der Waals surface area contributed by atoms with Gasteiger partial charge in [-0.1, -0.05) is 24.3 Å². The lowest BCUT2D eigenvalue weighted by molar-refractivity contribution is 0.197. The van der Waals surface area contributed by atoms with Gasteiger partial charge in [-0.05, 0) is 44.3 Å². The van der Waals surface area contributed by atoms with Gasteiger partial charge in [0.05, 0.1) is 0 Å². The summed E-state index contributed by atoms with van der Waals surface area (Å²) in [5, 5.41) is 0. The summed E-state index contributed by atoms with van der Waals surface area (Å²) in [6.07, 6.45) is 12.0. The summed E-state index contributed by atoms with van der Waals surface area (Å²) in [4.78, 5) is 0. The molecule has 2 aliphatic rings. The Hall–Kier alpha value is -0.343. The van der Waals surface area contributed by atoms with Crippen molar-refractivity contribution < 1.29 is 4.43 Å². The summed E-state index contributed by atoms with van der Waals surface area (Å²) in [5.41, 5.74) is 0. The van der Waals surface area contributed by atoms with Crippen LogP contribution in [0.4, 0.5) is 0 Å². The Kier molecular flexibility index (Phi) is 2.67. The Bertz CT molecular complexity index is 242. The Balaban J connectivity index is 1.94. The van der Waals surface area contributed by atoms with Crippen LogP contribution in [-0.2, 0) is 4.43 Å². The fourth-order valence-electron chi connectivity index (χ4n) is 2.51. The molecule has 0 amide bonds. The third kappa shape index (κ3) is 2.37. The quantitative estimate of drug-likeness (QED) is 0.632. The summed E-state index contributed by atoms with van der Waals surface area (Å²) < 4.78 is 6.16. The highest BCUT2D eigenvalue weighted by molar-refractivity contribution is 6.69. The first-order chi connectivity index (χ1) is 6.54. The number of hydrogen-bond donors (Lipinski definition) is 0. The van der Waals surface area contributed by atoms with Crippen molar-refractivity contribution in [3.63, 3.8) is 0 Å². The van der Waals surface area contributed by atoms with E-state index in [-0.39, 0.29) is 0 Å². The lowest BCUT2D eigenvalue weighted by atomic mass is 9.92. The lowest BCUT2D eigenvalue weighted by Crippen LogP contribution is -2.30. The molecule has 1 fully saturated rings. The molecule has 0 radical (unpaired) electrons. The SMILES string of the molecule is C[Si](C)(C)OC1CC2C=CC=CC2C1. The van der Waals surface area contributed by atoms with Gasteiger partial charge in [0.1, 0.15) is 0 Å². The Labute approximate surface area is 88.0 Å². The first-order valence-electron chi connectivity index (χ1n) is 5.57. The maximum Gasteiger partial charge on any atom is 0.184 e. The highest BCUT2D eigenvalue weighted by Gasteiger charge is 2.34. The molecule has 14 heavy (non-hydrogen) atoms. The van der Waals surface area contributed by atoms with Gasteiger partial charge in [-0.2, -0.15) is 0 Å². The standard InChI is InChI=1S/C12H20OSi/c1-14(2,3)13-12-8-10-6-4-5-7-11(10)9-12/h4-7,10-12H,8-9H2,1-3H3. The molecule has 2 unspecified atom stereocenters. The van der Waals surface area contributed by atoms with Gasteiger partial charge in [0.15, 0.2) is 8.32 Å². The molecule has 0 heterocycles. The minimum atomic E-state index is -1.33. The average Bonchev–Trinajstić information content (AvgIpc) is 2.42. The molecule has 0 spiro atoms. The van der Waals surface area contributed by atoms with E-state index >= 15 is 0 Å². The molecule has 78 valence electrons. The molecule has 0 aromatic heterocycles. The third-order valence-corrected chi connectivity index (χ3v) is 4.01. The first kappa shape index (κ1) is 10.2. The predicted molar refractivity (Wildman–Crippen MR) is 62.7 cm³/mol. The van der Waals surface area contributed by atoms with Gasteiger partial charge in [0.25, 0.3) is 0 Å². The van der Waals surface area contributed by atoms with Gasteiger partial charge < -0.3 is 4.43 Å². The van der Waals surface area contributed by atoms with Crippen molar-refractivity contribution in [2.75, 3.05) is 0 Å². The molecule has 2 heteroatoms. The van der Waals surface area contributed by atoms with Crippen LogP contribution in [0.2, 0.25) is 19.6 Å². The van der Waals surface area contributed by atoms with Gasteiger partial charge in [-0.25, -0.2) is 0 Å². The highest BCUT2D eigenvalue weighted by atomic mass is 28.4. The van der Waals surface area contributed by atoms with Gasteiger partial charge in [0.2, 0.25) is 0 Å². The number of fused-ring (bicyclic) bond motifs is 1. The summed E-state index contributed by atoms with van der Waals surface area (Å²) in [5.74, 6) is 1.50. The van der Waals surface area contributed by atoms with Crippen LogP contribution in [0.25, 0.3) is 0 Å². The summed E-state index contributed by atoms with van der Waals surface area (Å²) >= 11 is 0. The van der Waals surface area contributed by atoms with Crippen molar-refractivity contribution in [1.82, 2.24) is 0 Å². The van der Waals surface area contributed by atoms with Crippen LogP contribution in [0.1, 0.15) is 12.8 Å². The minimum Gasteiger partial charge on any atom is -0.415 e. The number of hydrogen-bond acceptors (Lipinski definition) is 1. The molecule has 0 aromatic rings. The zero-order chi connectivity index (χ0) is 10.2. The van der Waals surface area contributed by atoms with Gasteiger partial charge in [0, 0.05) is 6.10 Å². The molecular weight excluding hydrogens is 188 g/mol. The molecule has 0 aromatic carbocycles. The molecular formula is C12H20OSi. The van der Waals surface area contributed by atoms with Crippen molar-refractivity contribution in [1.29, 1.82) is 0 Å². The fraction of sp³-hybridized carbons (Fsp3) is 0.667. The Morgan fingerprint density at radius 1 is 1.00 bits per heavy atom. The van der Waals surface area contributed by atoms with Crippen molar-refractivity contribution in [3.8, 4) is 0 Å². The van der Waals surface area contributed by atoms with Crippen LogP contribution in [0.15, 0.2) is 24.3 Å². The van der Waals surface area contributed by atoms with E-state index in [2.05, 4.69) is 43.9 Å². The van der Waals surface area contributed by atoms with Crippen LogP contribution in [-0.4, -0.2) is 14.4 Å². The van der Waals surface area contributed by atoms with Gasteiger partial charge >= 0.3 is 0 Å². The van der Waals surface area contributed by atoms with Gasteiger partial charge in [-0.15, -0.1) is 0 Å². The highest BCUT2D eigenvalue weighted by Crippen LogP contribution is 2.38. The third-order valence-electron chi connectivity index (χ3n) is 2.97. The molecule has 0 saturated heterocycles. The normalized spacial score (nSPS) is 36.1. The van der Waals surface area contributed by atoms with Crippen LogP contribution >= 0.6 is 0 Å². The molecule has 2 aliphatic carbocycles. The Morgan fingerprint density at radius 2 is 1.50 bits per heavy atom. The van der Waals surface area contributed by atoms with E-state index in [0.717, 1.165) is 11.8 Å². The number of rotatable bonds is 2. The van der Waals surface area contributed by atoms with E-state index < -0.39 is 8.32 Å².